The number of pyridine rings is 1. The Hall–Kier alpha value is -0.940. The summed E-state index contributed by atoms with van der Waals surface area (Å²) >= 11 is 0. The molecule has 1 atom stereocenters. The minimum absolute atomic E-state index is 0.235. The number of aryl methyl sites for hydroxylation is 1. The van der Waals surface area contributed by atoms with E-state index in [4.69, 9.17) is 0 Å². The summed E-state index contributed by atoms with van der Waals surface area (Å²) in [5, 5.41) is 0. The highest BCUT2D eigenvalue weighted by molar-refractivity contribution is 7.88. The van der Waals surface area contributed by atoms with E-state index in [-0.39, 0.29) is 5.92 Å². The van der Waals surface area contributed by atoms with Gasteiger partial charge in [-0.3, -0.25) is 4.98 Å². The minimum atomic E-state index is -3.07. The van der Waals surface area contributed by atoms with Crippen molar-refractivity contribution in [3.05, 3.63) is 29.6 Å². The number of hydrogen-bond acceptors (Lipinski definition) is 3. The lowest BCUT2D eigenvalue weighted by Gasteiger charge is -2.30. The van der Waals surface area contributed by atoms with E-state index in [0.29, 0.717) is 13.1 Å². The molecule has 1 fully saturated rings. The van der Waals surface area contributed by atoms with Crippen LogP contribution in [0.15, 0.2) is 18.3 Å². The van der Waals surface area contributed by atoms with E-state index in [2.05, 4.69) is 4.98 Å². The number of piperidine rings is 1. The summed E-state index contributed by atoms with van der Waals surface area (Å²) in [5.41, 5.74) is 2.13. The van der Waals surface area contributed by atoms with Gasteiger partial charge in [0.1, 0.15) is 0 Å². The van der Waals surface area contributed by atoms with Crippen LogP contribution in [0.4, 0.5) is 0 Å². The molecule has 0 aliphatic carbocycles. The van der Waals surface area contributed by atoms with Gasteiger partial charge >= 0.3 is 0 Å². The van der Waals surface area contributed by atoms with Gasteiger partial charge in [-0.05, 0) is 31.4 Å². The van der Waals surface area contributed by atoms with E-state index in [1.807, 2.05) is 25.3 Å². The van der Waals surface area contributed by atoms with Gasteiger partial charge in [-0.25, -0.2) is 12.7 Å². The smallest absolute Gasteiger partial charge is 0.211 e. The lowest BCUT2D eigenvalue weighted by atomic mass is 9.95. The van der Waals surface area contributed by atoms with Gasteiger partial charge in [0.2, 0.25) is 10.0 Å². The molecule has 0 spiro atoms. The topological polar surface area (TPSA) is 50.3 Å². The molecule has 4 nitrogen and oxygen atoms in total. The van der Waals surface area contributed by atoms with E-state index in [9.17, 15) is 8.42 Å². The second kappa shape index (κ2) is 4.74. The van der Waals surface area contributed by atoms with Gasteiger partial charge in [0, 0.05) is 30.9 Å². The molecule has 2 heterocycles. The molecule has 0 N–H and O–H groups in total. The van der Waals surface area contributed by atoms with Crippen molar-refractivity contribution < 1.29 is 8.42 Å². The van der Waals surface area contributed by atoms with Gasteiger partial charge in [-0.15, -0.1) is 0 Å². The quantitative estimate of drug-likeness (QED) is 0.804. The Kier molecular flexibility index (Phi) is 3.49. The maximum Gasteiger partial charge on any atom is 0.211 e. The lowest BCUT2D eigenvalue weighted by Crippen LogP contribution is -2.38. The zero-order chi connectivity index (χ0) is 12.5. The van der Waals surface area contributed by atoms with Crippen LogP contribution in [0.5, 0.6) is 0 Å². The Balaban J connectivity index is 2.15. The average molecular weight is 254 g/mol. The molecular weight excluding hydrogens is 236 g/mol. The molecule has 0 unspecified atom stereocenters. The number of nitrogens with zero attached hydrogens (tertiary/aromatic N) is 2. The van der Waals surface area contributed by atoms with Crippen molar-refractivity contribution in [1.82, 2.24) is 9.29 Å². The molecule has 1 aromatic heterocycles. The highest BCUT2D eigenvalue weighted by atomic mass is 32.2. The fourth-order valence-electron chi connectivity index (χ4n) is 2.21. The molecule has 2 rings (SSSR count). The fraction of sp³-hybridized carbons (Fsp3) is 0.583. The normalized spacial score (nSPS) is 22.6. The summed E-state index contributed by atoms with van der Waals surface area (Å²) in [6.45, 7) is 3.20. The van der Waals surface area contributed by atoms with Gasteiger partial charge in [0.05, 0.1) is 6.26 Å². The third-order valence-electron chi connectivity index (χ3n) is 3.21. The SMILES string of the molecule is Cc1ccc([C@@H]2CCCN(S(C)(=O)=O)C2)nc1. The zero-order valence-electron chi connectivity index (χ0n) is 10.3. The Bertz CT molecular complexity index is 482. The Morgan fingerprint density at radius 1 is 1.41 bits per heavy atom. The Labute approximate surface area is 103 Å². The maximum atomic E-state index is 11.5. The molecule has 5 heteroatoms. The van der Waals surface area contributed by atoms with E-state index in [1.165, 1.54) is 6.26 Å². The van der Waals surface area contributed by atoms with Crippen molar-refractivity contribution in [2.24, 2.45) is 0 Å². The van der Waals surface area contributed by atoms with Crippen molar-refractivity contribution in [3.63, 3.8) is 0 Å². The molecule has 1 aliphatic heterocycles. The highest BCUT2D eigenvalue weighted by Gasteiger charge is 2.27. The summed E-state index contributed by atoms with van der Waals surface area (Å²) in [6.07, 6.45) is 5.04. The van der Waals surface area contributed by atoms with Crippen LogP contribution in [0.2, 0.25) is 0 Å². The van der Waals surface area contributed by atoms with Crippen LogP contribution in [0.1, 0.15) is 30.0 Å². The van der Waals surface area contributed by atoms with Gasteiger partial charge in [0.25, 0.3) is 0 Å². The molecule has 1 saturated heterocycles. The van der Waals surface area contributed by atoms with Crippen molar-refractivity contribution in [2.75, 3.05) is 19.3 Å². The second-order valence-corrected chi connectivity index (χ2v) is 6.70. The Morgan fingerprint density at radius 2 is 2.18 bits per heavy atom. The van der Waals surface area contributed by atoms with Gasteiger partial charge in [-0.1, -0.05) is 6.07 Å². The summed E-state index contributed by atoms with van der Waals surface area (Å²) in [7, 11) is -3.07. The second-order valence-electron chi connectivity index (χ2n) is 4.72. The predicted octanol–water partition coefficient (Wildman–Crippen LogP) is 1.53. The summed E-state index contributed by atoms with van der Waals surface area (Å²) in [5.74, 6) is 0.235. The largest absolute Gasteiger partial charge is 0.261 e. The monoisotopic (exact) mass is 254 g/mol. The predicted molar refractivity (Wildman–Crippen MR) is 67.4 cm³/mol. The molecule has 0 aromatic carbocycles. The third-order valence-corrected chi connectivity index (χ3v) is 4.48. The molecule has 94 valence electrons. The zero-order valence-corrected chi connectivity index (χ0v) is 11.1. The van der Waals surface area contributed by atoms with E-state index in [1.54, 1.807) is 4.31 Å². The number of sulfonamides is 1. The van der Waals surface area contributed by atoms with Crippen molar-refractivity contribution in [2.45, 2.75) is 25.7 Å². The van der Waals surface area contributed by atoms with Crippen LogP contribution in [-0.4, -0.2) is 37.1 Å². The molecule has 17 heavy (non-hydrogen) atoms. The molecule has 1 aromatic rings. The summed E-state index contributed by atoms with van der Waals surface area (Å²) in [6, 6.07) is 4.04. The van der Waals surface area contributed by atoms with Crippen molar-refractivity contribution in [3.8, 4) is 0 Å². The molecule has 0 radical (unpaired) electrons. The molecule has 0 bridgehead atoms. The molecule has 0 amide bonds. The van der Waals surface area contributed by atoms with Gasteiger partial charge in [0.15, 0.2) is 0 Å². The van der Waals surface area contributed by atoms with Crippen LogP contribution in [-0.2, 0) is 10.0 Å². The highest BCUT2D eigenvalue weighted by Crippen LogP contribution is 2.26. The fourth-order valence-corrected chi connectivity index (χ4v) is 3.12. The van der Waals surface area contributed by atoms with Crippen LogP contribution in [0.25, 0.3) is 0 Å². The van der Waals surface area contributed by atoms with Gasteiger partial charge < -0.3 is 0 Å². The number of hydrogen-bond donors (Lipinski definition) is 0. The maximum absolute atomic E-state index is 11.5. The standard InChI is InChI=1S/C12H18N2O2S/c1-10-5-6-12(13-8-10)11-4-3-7-14(9-11)17(2,15)16/h5-6,8,11H,3-4,7,9H2,1-2H3/t11-/m1/s1. The van der Waals surface area contributed by atoms with E-state index >= 15 is 0 Å². The molecular formula is C12H18N2O2S. The van der Waals surface area contributed by atoms with Crippen LogP contribution in [0.3, 0.4) is 0 Å². The molecule has 0 saturated carbocycles. The van der Waals surface area contributed by atoms with Gasteiger partial charge in [-0.2, -0.15) is 0 Å². The number of rotatable bonds is 2. The van der Waals surface area contributed by atoms with Crippen LogP contribution >= 0.6 is 0 Å². The lowest BCUT2D eigenvalue weighted by molar-refractivity contribution is 0.314. The van der Waals surface area contributed by atoms with Crippen molar-refractivity contribution >= 4 is 10.0 Å². The first-order valence-corrected chi connectivity index (χ1v) is 7.69. The Morgan fingerprint density at radius 3 is 2.76 bits per heavy atom. The molecule has 1 aliphatic rings. The van der Waals surface area contributed by atoms with Crippen molar-refractivity contribution in [1.29, 1.82) is 0 Å². The summed E-state index contributed by atoms with van der Waals surface area (Å²) in [4.78, 5) is 4.40. The first-order valence-electron chi connectivity index (χ1n) is 5.84. The minimum Gasteiger partial charge on any atom is -0.261 e. The van der Waals surface area contributed by atoms with Crippen LogP contribution < -0.4 is 0 Å². The van der Waals surface area contributed by atoms with E-state index < -0.39 is 10.0 Å². The first kappa shape index (κ1) is 12.5. The average Bonchev–Trinajstić information content (AvgIpc) is 2.29. The first-order chi connectivity index (χ1) is 7.97. The number of aromatic nitrogens is 1. The van der Waals surface area contributed by atoms with E-state index in [0.717, 1.165) is 24.1 Å². The van der Waals surface area contributed by atoms with Crippen LogP contribution in [0, 0.1) is 6.92 Å². The third kappa shape index (κ3) is 3.04. The summed E-state index contributed by atoms with van der Waals surface area (Å²) < 4.78 is 24.6.